The molecule has 0 aromatic carbocycles. The van der Waals surface area contributed by atoms with Crippen molar-refractivity contribution in [2.45, 2.75) is 13.0 Å². The number of rotatable bonds is 4. The van der Waals surface area contributed by atoms with Crippen LogP contribution in [-0.2, 0) is 0 Å². The molecular formula is C6H13NNaO. The van der Waals surface area contributed by atoms with Gasteiger partial charge in [0.1, 0.15) is 0 Å². The molecule has 0 saturated carbocycles. The zero-order chi connectivity index (χ0) is 6.41. The van der Waals surface area contributed by atoms with Gasteiger partial charge in [0.05, 0.1) is 6.10 Å². The maximum atomic E-state index is 8.68. The Morgan fingerprint density at radius 1 is 1.78 bits per heavy atom. The monoisotopic (exact) mass is 138 g/mol. The quantitative estimate of drug-likeness (QED) is 0.319. The van der Waals surface area contributed by atoms with Crippen molar-refractivity contribution in [3.8, 4) is 0 Å². The molecule has 1 radical (unpaired) electrons. The minimum atomic E-state index is -0.255. The summed E-state index contributed by atoms with van der Waals surface area (Å²) in [6, 6.07) is 0. The van der Waals surface area contributed by atoms with Crippen LogP contribution < -0.4 is 5.32 Å². The summed E-state index contributed by atoms with van der Waals surface area (Å²) in [5, 5.41) is 11.6. The normalized spacial score (nSPS) is 11.8. The van der Waals surface area contributed by atoms with Crippen LogP contribution in [0, 0.1) is 0 Å². The molecule has 0 bridgehead atoms. The van der Waals surface area contributed by atoms with E-state index >= 15 is 0 Å². The molecule has 0 aromatic heterocycles. The zero-order valence-electron chi connectivity index (χ0n) is 6.22. The number of nitrogens with one attached hydrogen (secondary N) is 1. The van der Waals surface area contributed by atoms with Crippen molar-refractivity contribution in [1.29, 1.82) is 0 Å². The van der Waals surface area contributed by atoms with E-state index in [1.54, 1.807) is 13.0 Å². The van der Waals surface area contributed by atoms with E-state index in [1.807, 2.05) is 0 Å². The first-order valence-corrected chi connectivity index (χ1v) is 2.77. The molecule has 0 saturated heterocycles. The first-order chi connectivity index (χ1) is 3.77. The van der Waals surface area contributed by atoms with Gasteiger partial charge in [-0.25, -0.2) is 0 Å². The average Bonchev–Trinajstić information content (AvgIpc) is 1.66. The van der Waals surface area contributed by atoms with E-state index in [2.05, 4.69) is 11.9 Å². The van der Waals surface area contributed by atoms with Gasteiger partial charge in [0.15, 0.2) is 0 Å². The van der Waals surface area contributed by atoms with E-state index in [0.717, 1.165) is 6.54 Å². The van der Waals surface area contributed by atoms with Crippen molar-refractivity contribution in [2.24, 2.45) is 0 Å². The van der Waals surface area contributed by atoms with Gasteiger partial charge in [-0.05, 0) is 6.92 Å². The number of hydrogen-bond acceptors (Lipinski definition) is 2. The van der Waals surface area contributed by atoms with Crippen molar-refractivity contribution in [1.82, 2.24) is 5.32 Å². The van der Waals surface area contributed by atoms with Crippen molar-refractivity contribution in [3.63, 3.8) is 0 Å². The van der Waals surface area contributed by atoms with Crippen molar-refractivity contribution < 1.29 is 5.11 Å². The Morgan fingerprint density at radius 3 is 2.67 bits per heavy atom. The van der Waals surface area contributed by atoms with Crippen LogP contribution in [0.4, 0.5) is 0 Å². The molecule has 0 aliphatic carbocycles. The summed E-state index contributed by atoms with van der Waals surface area (Å²) in [6.07, 6.45) is 1.51. The molecular weight excluding hydrogens is 125 g/mol. The van der Waals surface area contributed by atoms with E-state index in [0.29, 0.717) is 6.54 Å². The largest absolute Gasteiger partial charge is 0.392 e. The van der Waals surface area contributed by atoms with Gasteiger partial charge in [0.25, 0.3) is 0 Å². The number of aliphatic hydroxyl groups excluding tert-OH is 1. The van der Waals surface area contributed by atoms with Gasteiger partial charge in [-0.15, -0.1) is 6.58 Å². The van der Waals surface area contributed by atoms with E-state index < -0.39 is 0 Å². The summed E-state index contributed by atoms with van der Waals surface area (Å²) in [6.45, 7) is 6.67. The van der Waals surface area contributed by atoms with Crippen LogP contribution >= 0.6 is 0 Å². The Balaban J connectivity index is 0. The maximum absolute atomic E-state index is 8.68. The maximum Gasteiger partial charge on any atom is 0.0636 e. The van der Waals surface area contributed by atoms with Crippen molar-refractivity contribution in [2.75, 3.05) is 13.1 Å². The van der Waals surface area contributed by atoms with E-state index in [-0.39, 0.29) is 35.7 Å². The van der Waals surface area contributed by atoms with Gasteiger partial charge in [-0.1, -0.05) is 6.08 Å². The van der Waals surface area contributed by atoms with Gasteiger partial charge in [0.2, 0.25) is 0 Å². The molecule has 3 heteroatoms. The summed E-state index contributed by atoms with van der Waals surface area (Å²) < 4.78 is 0. The van der Waals surface area contributed by atoms with Crippen molar-refractivity contribution >= 4 is 29.6 Å². The third kappa shape index (κ3) is 12.0. The van der Waals surface area contributed by atoms with Crippen LogP contribution in [0.3, 0.4) is 0 Å². The number of hydrogen-bond donors (Lipinski definition) is 2. The fourth-order valence-electron chi connectivity index (χ4n) is 0.394. The molecule has 1 unspecified atom stereocenters. The Labute approximate surface area is 78.6 Å². The van der Waals surface area contributed by atoms with Crippen LogP contribution in [0.5, 0.6) is 0 Å². The second kappa shape index (κ2) is 8.66. The molecule has 9 heavy (non-hydrogen) atoms. The number of aliphatic hydroxyl groups is 1. The fraction of sp³-hybridized carbons (Fsp3) is 0.667. The fourth-order valence-corrected chi connectivity index (χ4v) is 0.394. The van der Waals surface area contributed by atoms with Gasteiger partial charge >= 0.3 is 0 Å². The summed E-state index contributed by atoms with van der Waals surface area (Å²) in [5.74, 6) is 0. The van der Waals surface area contributed by atoms with E-state index in [1.165, 1.54) is 0 Å². The molecule has 0 amide bonds. The SMILES string of the molecule is C=CCNCC(C)O.[Na]. The summed E-state index contributed by atoms with van der Waals surface area (Å²) in [5.41, 5.74) is 0. The van der Waals surface area contributed by atoms with Crippen LogP contribution in [0.25, 0.3) is 0 Å². The first kappa shape index (κ1) is 12.3. The van der Waals surface area contributed by atoms with Crippen molar-refractivity contribution in [3.05, 3.63) is 12.7 Å². The van der Waals surface area contributed by atoms with Crippen LogP contribution in [0.2, 0.25) is 0 Å². The molecule has 0 fully saturated rings. The summed E-state index contributed by atoms with van der Waals surface area (Å²) >= 11 is 0. The topological polar surface area (TPSA) is 32.3 Å². The van der Waals surface area contributed by atoms with Crippen LogP contribution in [0.15, 0.2) is 12.7 Å². The summed E-state index contributed by atoms with van der Waals surface area (Å²) in [7, 11) is 0. The van der Waals surface area contributed by atoms with Crippen LogP contribution in [-0.4, -0.2) is 53.9 Å². The molecule has 0 aliphatic heterocycles. The molecule has 0 spiro atoms. The molecule has 49 valence electrons. The minimum Gasteiger partial charge on any atom is -0.392 e. The molecule has 0 aliphatic rings. The molecule has 0 aromatic rings. The predicted molar refractivity (Wildman–Crippen MR) is 40.5 cm³/mol. The van der Waals surface area contributed by atoms with Gasteiger partial charge < -0.3 is 10.4 Å². The van der Waals surface area contributed by atoms with E-state index in [4.69, 9.17) is 5.11 Å². The average molecular weight is 138 g/mol. The zero-order valence-corrected chi connectivity index (χ0v) is 8.22. The molecule has 2 nitrogen and oxygen atoms in total. The summed E-state index contributed by atoms with van der Waals surface area (Å²) in [4.78, 5) is 0. The van der Waals surface area contributed by atoms with Gasteiger partial charge in [-0.2, -0.15) is 0 Å². The Morgan fingerprint density at radius 2 is 2.33 bits per heavy atom. The standard InChI is InChI=1S/C6H13NO.Na/c1-3-4-7-5-6(2)8;/h3,6-8H,1,4-5H2,2H3;. The smallest absolute Gasteiger partial charge is 0.0636 e. The molecule has 2 N–H and O–H groups in total. The first-order valence-electron chi connectivity index (χ1n) is 2.77. The molecule has 0 heterocycles. The Bertz CT molecular complexity index is 66.1. The third-order valence-corrected chi connectivity index (χ3v) is 0.728. The molecule has 0 rings (SSSR count). The Kier molecular flexibility index (Phi) is 11.9. The second-order valence-electron chi connectivity index (χ2n) is 1.80. The van der Waals surface area contributed by atoms with Gasteiger partial charge in [-0.3, -0.25) is 0 Å². The third-order valence-electron chi connectivity index (χ3n) is 0.728. The molecule has 1 atom stereocenters. The minimum absolute atomic E-state index is 0. The Hall–Kier alpha value is 0.660. The van der Waals surface area contributed by atoms with Crippen LogP contribution in [0.1, 0.15) is 6.92 Å². The van der Waals surface area contributed by atoms with E-state index in [9.17, 15) is 0 Å². The second-order valence-corrected chi connectivity index (χ2v) is 1.80. The predicted octanol–water partition coefficient (Wildman–Crippen LogP) is -0.238. The van der Waals surface area contributed by atoms with Gasteiger partial charge in [0, 0.05) is 42.6 Å².